The van der Waals surface area contributed by atoms with Crippen LogP contribution >= 0.6 is 0 Å². The molecule has 2 heteroatoms. The van der Waals surface area contributed by atoms with Gasteiger partial charge in [-0.25, -0.2) is 0 Å². The van der Waals surface area contributed by atoms with Crippen molar-refractivity contribution in [2.24, 2.45) is 0 Å². The molecular formula is C22H24BSi. The first kappa shape index (κ1) is 16.8. The lowest BCUT2D eigenvalue weighted by Crippen LogP contribution is -2.71. The van der Waals surface area contributed by atoms with Crippen molar-refractivity contribution in [3.63, 3.8) is 0 Å². The van der Waals surface area contributed by atoms with E-state index in [-0.39, 0.29) is 0 Å². The van der Waals surface area contributed by atoms with Crippen molar-refractivity contribution in [1.29, 1.82) is 0 Å². The molecule has 0 fully saturated rings. The van der Waals surface area contributed by atoms with E-state index >= 15 is 0 Å². The molecule has 0 heterocycles. The molecule has 24 heavy (non-hydrogen) atoms. The monoisotopic (exact) mass is 327 g/mol. The zero-order valence-electron chi connectivity index (χ0n) is 14.4. The van der Waals surface area contributed by atoms with Crippen LogP contribution < -0.4 is 15.6 Å². The molecule has 119 valence electrons. The molecule has 0 aliphatic rings. The zero-order valence-corrected chi connectivity index (χ0v) is 15.4. The average Bonchev–Trinajstić information content (AvgIpc) is 2.68. The van der Waals surface area contributed by atoms with Gasteiger partial charge in [0, 0.05) is 0 Å². The second kappa shape index (κ2) is 8.16. The molecule has 3 aromatic carbocycles. The van der Waals surface area contributed by atoms with Gasteiger partial charge in [0.1, 0.15) is 14.8 Å². The van der Waals surface area contributed by atoms with Gasteiger partial charge in [0.05, 0.1) is 0 Å². The molecule has 0 bridgehead atoms. The third kappa shape index (κ3) is 3.39. The van der Waals surface area contributed by atoms with Crippen LogP contribution in [-0.4, -0.2) is 14.8 Å². The van der Waals surface area contributed by atoms with Crippen LogP contribution in [0.4, 0.5) is 0 Å². The van der Waals surface area contributed by atoms with Crippen LogP contribution in [0.25, 0.3) is 0 Å². The van der Waals surface area contributed by atoms with Crippen LogP contribution in [0.1, 0.15) is 19.8 Å². The summed E-state index contributed by atoms with van der Waals surface area (Å²) in [5.41, 5.74) is 0. The van der Waals surface area contributed by atoms with E-state index in [0.717, 1.165) is 0 Å². The van der Waals surface area contributed by atoms with Gasteiger partial charge in [-0.1, -0.05) is 133 Å². The summed E-state index contributed by atoms with van der Waals surface area (Å²) in [6.07, 6.45) is 3.65. The van der Waals surface area contributed by atoms with Crippen molar-refractivity contribution in [3.05, 3.63) is 91.0 Å². The molecule has 0 unspecified atom stereocenters. The molecule has 0 atom stereocenters. The number of hydrogen-bond donors (Lipinski definition) is 0. The van der Waals surface area contributed by atoms with Crippen LogP contribution in [0.5, 0.6) is 0 Å². The van der Waals surface area contributed by atoms with Gasteiger partial charge in [-0.2, -0.15) is 0 Å². The van der Waals surface area contributed by atoms with E-state index in [9.17, 15) is 0 Å². The molecule has 3 rings (SSSR count). The fraction of sp³-hybridized carbons (Fsp3) is 0.182. The molecule has 0 aliphatic carbocycles. The number of unbranched alkanes of at least 4 members (excludes halogenated alkanes) is 1. The molecule has 0 spiro atoms. The fourth-order valence-electron chi connectivity index (χ4n) is 3.48. The Morgan fingerprint density at radius 1 is 0.625 bits per heavy atom. The maximum atomic E-state index is 2.65. The van der Waals surface area contributed by atoms with E-state index in [0.29, 0.717) is 0 Å². The predicted molar refractivity (Wildman–Crippen MR) is 109 cm³/mol. The summed E-state index contributed by atoms with van der Waals surface area (Å²) in [5, 5.41) is 4.41. The van der Waals surface area contributed by atoms with Crippen LogP contribution in [0, 0.1) is 0 Å². The molecule has 0 saturated carbocycles. The lowest BCUT2D eigenvalue weighted by atomic mass is 9.98. The summed E-state index contributed by atoms with van der Waals surface area (Å²) in [6, 6.07) is 33.3. The van der Waals surface area contributed by atoms with E-state index < -0.39 is 7.94 Å². The van der Waals surface area contributed by atoms with Crippen molar-refractivity contribution < 1.29 is 0 Å². The summed E-state index contributed by atoms with van der Waals surface area (Å²) in [6.45, 7) is 4.92. The third-order valence-corrected chi connectivity index (χ3v) is 9.33. The Kier molecular flexibility index (Phi) is 5.71. The lowest BCUT2D eigenvalue weighted by molar-refractivity contribution is 0.882. The minimum absolute atomic E-state index is 1.17. The summed E-state index contributed by atoms with van der Waals surface area (Å²) < 4.78 is 0. The van der Waals surface area contributed by atoms with E-state index in [1.54, 1.807) is 0 Å². The van der Waals surface area contributed by atoms with Crippen LogP contribution in [0.3, 0.4) is 0 Å². The summed E-state index contributed by atoms with van der Waals surface area (Å²) in [7, 11) is -2.09. The Hall–Kier alpha value is -2.06. The van der Waals surface area contributed by atoms with Crippen molar-refractivity contribution in [2.75, 3.05) is 0 Å². The third-order valence-electron chi connectivity index (χ3n) is 4.70. The molecule has 1 radical (unpaired) electrons. The quantitative estimate of drug-likeness (QED) is 0.353. The fourth-order valence-corrected chi connectivity index (χ4v) is 7.98. The summed E-state index contributed by atoms with van der Waals surface area (Å²) >= 11 is 0. The Labute approximate surface area is 147 Å². The van der Waals surface area contributed by atoms with Gasteiger partial charge in [0.25, 0.3) is 0 Å². The Bertz CT molecular complexity index is 629. The highest BCUT2D eigenvalue weighted by Gasteiger charge is 2.38. The Morgan fingerprint density at radius 3 is 1.33 bits per heavy atom. The van der Waals surface area contributed by atoms with Gasteiger partial charge in [0.2, 0.25) is 0 Å². The first-order valence-corrected chi connectivity index (χ1v) is 11.0. The van der Waals surface area contributed by atoms with Crippen LogP contribution in [0.2, 0.25) is 6.32 Å². The molecule has 0 aliphatic heterocycles. The SMILES string of the molecule is CCCC[B][Si](c1ccccc1)(c1ccccc1)c1ccccc1. The normalized spacial score (nSPS) is 11.2. The second-order valence-electron chi connectivity index (χ2n) is 6.25. The zero-order chi connectivity index (χ0) is 16.7. The molecule has 0 saturated heterocycles. The van der Waals surface area contributed by atoms with Crippen molar-refractivity contribution >= 4 is 30.4 Å². The summed E-state index contributed by atoms with van der Waals surface area (Å²) in [5.74, 6) is 0. The first-order chi connectivity index (χ1) is 11.9. The maximum absolute atomic E-state index is 2.65. The second-order valence-corrected chi connectivity index (χ2v) is 10.0. The molecule has 0 N–H and O–H groups in total. The molecule has 0 amide bonds. The van der Waals surface area contributed by atoms with E-state index in [2.05, 4.69) is 105 Å². The van der Waals surface area contributed by atoms with E-state index in [1.165, 1.54) is 34.7 Å². The highest BCUT2D eigenvalue weighted by Crippen LogP contribution is 2.10. The minimum atomic E-state index is -2.09. The highest BCUT2D eigenvalue weighted by molar-refractivity contribution is 7.43. The van der Waals surface area contributed by atoms with Crippen molar-refractivity contribution in [3.8, 4) is 0 Å². The number of benzene rings is 3. The number of rotatable bonds is 7. The predicted octanol–water partition coefficient (Wildman–Crippen LogP) is 3.58. The van der Waals surface area contributed by atoms with Crippen LogP contribution in [0.15, 0.2) is 91.0 Å². The van der Waals surface area contributed by atoms with Gasteiger partial charge in [-0.15, -0.1) is 0 Å². The Morgan fingerprint density at radius 2 is 1.00 bits per heavy atom. The van der Waals surface area contributed by atoms with Gasteiger partial charge in [0.15, 0.2) is 0 Å². The van der Waals surface area contributed by atoms with E-state index in [1.807, 2.05) is 0 Å². The smallest absolute Gasteiger partial charge is 0.0815 e. The highest BCUT2D eigenvalue weighted by atomic mass is 28.3. The van der Waals surface area contributed by atoms with Crippen molar-refractivity contribution in [1.82, 2.24) is 0 Å². The summed E-state index contributed by atoms with van der Waals surface area (Å²) in [4.78, 5) is 0. The molecule has 0 nitrogen and oxygen atoms in total. The molecule has 0 aromatic heterocycles. The van der Waals surface area contributed by atoms with Crippen LogP contribution in [-0.2, 0) is 0 Å². The Balaban J connectivity index is 2.20. The molecule has 3 aromatic rings. The maximum Gasteiger partial charge on any atom is 0.121 e. The minimum Gasteiger partial charge on any atom is -0.0815 e. The van der Waals surface area contributed by atoms with Gasteiger partial charge >= 0.3 is 0 Å². The largest absolute Gasteiger partial charge is 0.121 e. The van der Waals surface area contributed by atoms with Crippen molar-refractivity contribution in [2.45, 2.75) is 26.1 Å². The average molecular weight is 327 g/mol. The number of hydrogen-bond acceptors (Lipinski definition) is 0. The molecular weight excluding hydrogens is 303 g/mol. The lowest BCUT2D eigenvalue weighted by Gasteiger charge is -2.34. The standard InChI is InChI=1S/C22H24BSi/c1-2-3-19-23-24(20-13-7-4-8-14-20,21-15-9-5-10-16-21)22-17-11-6-12-18-22/h4-18H,2-3,19H2,1H3. The van der Waals surface area contributed by atoms with Gasteiger partial charge < -0.3 is 0 Å². The first-order valence-electron chi connectivity index (χ1n) is 8.89. The van der Waals surface area contributed by atoms with Gasteiger partial charge in [-0.05, 0) is 0 Å². The van der Waals surface area contributed by atoms with E-state index in [4.69, 9.17) is 0 Å². The van der Waals surface area contributed by atoms with Gasteiger partial charge in [-0.3, -0.25) is 0 Å². The topological polar surface area (TPSA) is 0 Å².